The van der Waals surface area contributed by atoms with Gasteiger partial charge >= 0.3 is 23.9 Å². The number of anilines is 1. The molecule has 0 radical (unpaired) electrons. The Balaban J connectivity index is 0.000000896. The number of nitrogens with one attached hydrogen (secondary N) is 2. The van der Waals surface area contributed by atoms with Crippen molar-refractivity contribution in [2.75, 3.05) is 45.3 Å². The van der Waals surface area contributed by atoms with Crippen molar-refractivity contribution < 1.29 is 53.9 Å². The molecular weight excluding hydrogens is 494 g/mol. The van der Waals surface area contributed by atoms with Gasteiger partial charge in [0.15, 0.2) is 0 Å². The highest BCUT2D eigenvalue weighted by Gasteiger charge is 2.28. The van der Waals surface area contributed by atoms with Crippen LogP contribution in [0.4, 0.5) is 5.69 Å². The number of ether oxygens (including phenoxy) is 2. The van der Waals surface area contributed by atoms with E-state index in [1.54, 1.807) is 7.11 Å². The van der Waals surface area contributed by atoms with E-state index in [1.807, 2.05) is 31.2 Å². The number of morpholine rings is 1. The van der Waals surface area contributed by atoms with Crippen molar-refractivity contribution in [3.05, 3.63) is 24.3 Å². The average molecular weight is 530 g/mol. The Bertz CT molecular complexity index is 850. The zero-order chi connectivity index (χ0) is 28.6. The van der Waals surface area contributed by atoms with Gasteiger partial charge in [-0.25, -0.2) is 19.2 Å². The van der Waals surface area contributed by atoms with E-state index in [0.717, 1.165) is 44.3 Å². The summed E-state index contributed by atoms with van der Waals surface area (Å²) in [7, 11) is 1.62. The smallest absolute Gasteiger partial charge is 0.414 e. The summed E-state index contributed by atoms with van der Waals surface area (Å²) < 4.78 is 10.5. The molecule has 1 aliphatic heterocycles. The van der Waals surface area contributed by atoms with Crippen molar-refractivity contribution in [2.24, 2.45) is 0 Å². The molecule has 1 aliphatic rings. The molecule has 14 heteroatoms. The molecule has 2 rings (SSSR count). The number of hydrogen-bond donors (Lipinski definition) is 6. The van der Waals surface area contributed by atoms with Crippen LogP contribution in [0.15, 0.2) is 24.3 Å². The topological polar surface area (TPSA) is 212 Å². The van der Waals surface area contributed by atoms with Crippen LogP contribution < -0.4 is 15.4 Å². The van der Waals surface area contributed by atoms with Crippen LogP contribution in [0.5, 0.6) is 5.75 Å². The SMILES string of the molecule is COc1ccc(NC(=O)CC(C)NCC(C)(C)N2CCOCC2)cc1.O=C(O)C(=O)O.O=C(O)C(=O)O. The maximum atomic E-state index is 12.2. The third kappa shape index (κ3) is 15.1. The lowest BCUT2D eigenvalue weighted by Crippen LogP contribution is -2.55. The zero-order valence-corrected chi connectivity index (χ0v) is 21.2. The fourth-order valence-electron chi connectivity index (χ4n) is 2.94. The Labute approximate surface area is 214 Å². The van der Waals surface area contributed by atoms with Crippen LogP contribution >= 0.6 is 0 Å². The molecule has 1 aromatic carbocycles. The highest BCUT2D eigenvalue weighted by Crippen LogP contribution is 2.17. The number of benzene rings is 1. The lowest BCUT2D eigenvalue weighted by molar-refractivity contribution is -0.159. The van der Waals surface area contributed by atoms with E-state index in [9.17, 15) is 4.79 Å². The van der Waals surface area contributed by atoms with Crippen molar-refractivity contribution >= 4 is 35.5 Å². The second-order valence-electron chi connectivity index (χ2n) is 8.40. The number of carboxylic acid groups (broad SMARTS) is 4. The quantitative estimate of drug-likeness (QED) is 0.252. The fourth-order valence-corrected chi connectivity index (χ4v) is 2.94. The summed E-state index contributed by atoms with van der Waals surface area (Å²) in [5.41, 5.74) is 0.830. The minimum absolute atomic E-state index is 0.00865. The van der Waals surface area contributed by atoms with Crippen molar-refractivity contribution in [3.63, 3.8) is 0 Å². The van der Waals surface area contributed by atoms with Gasteiger partial charge in [-0.1, -0.05) is 0 Å². The molecule has 1 amide bonds. The Hall–Kier alpha value is -3.75. The van der Waals surface area contributed by atoms with E-state index in [4.69, 9.17) is 49.1 Å². The lowest BCUT2D eigenvalue weighted by Gasteiger charge is -2.41. The third-order valence-corrected chi connectivity index (χ3v) is 4.98. The van der Waals surface area contributed by atoms with Gasteiger partial charge < -0.3 is 40.5 Å². The monoisotopic (exact) mass is 529 g/mol. The molecule has 1 aromatic rings. The van der Waals surface area contributed by atoms with Crippen LogP contribution in [0.2, 0.25) is 0 Å². The summed E-state index contributed by atoms with van der Waals surface area (Å²) in [5, 5.41) is 36.0. The molecule has 1 saturated heterocycles. The maximum absolute atomic E-state index is 12.2. The standard InChI is InChI=1S/C19H31N3O3.2C2H2O4/c1-15(20-14-19(2,3)22-9-11-25-12-10-22)13-18(23)21-16-5-7-17(24-4)8-6-16;2*3-1(4)2(5)6/h5-8,15,20H,9-14H2,1-4H3,(H,21,23);2*(H,3,4)(H,5,6). The van der Waals surface area contributed by atoms with Crippen LogP contribution in [-0.2, 0) is 28.7 Å². The number of carbonyl (C=O) groups excluding carboxylic acids is 1. The fraction of sp³-hybridized carbons (Fsp3) is 0.522. The first-order valence-electron chi connectivity index (χ1n) is 11.1. The van der Waals surface area contributed by atoms with Crippen LogP contribution in [0.1, 0.15) is 27.2 Å². The van der Waals surface area contributed by atoms with E-state index in [0.29, 0.717) is 6.42 Å². The molecule has 1 unspecified atom stereocenters. The van der Waals surface area contributed by atoms with Gasteiger partial charge in [-0.2, -0.15) is 0 Å². The molecule has 1 atom stereocenters. The van der Waals surface area contributed by atoms with Gasteiger partial charge in [0, 0.05) is 43.3 Å². The van der Waals surface area contributed by atoms with Crippen LogP contribution in [0, 0.1) is 0 Å². The van der Waals surface area contributed by atoms with E-state index < -0.39 is 23.9 Å². The van der Waals surface area contributed by atoms with Crippen molar-refractivity contribution in [1.82, 2.24) is 10.2 Å². The first kappa shape index (κ1) is 33.2. The molecule has 1 fully saturated rings. The van der Waals surface area contributed by atoms with Crippen LogP contribution in [0.3, 0.4) is 0 Å². The first-order chi connectivity index (χ1) is 17.2. The highest BCUT2D eigenvalue weighted by atomic mass is 16.5. The first-order valence-corrected chi connectivity index (χ1v) is 11.1. The lowest BCUT2D eigenvalue weighted by atomic mass is 10.0. The number of aliphatic carboxylic acids is 4. The number of methoxy groups -OCH3 is 1. The second kappa shape index (κ2) is 16.8. The van der Waals surface area contributed by atoms with Gasteiger partial charge in [0.25, 0.3) is 0 Å². The third-order valence-electron chi connectivity index (χ3n) is 4.98. The van der Waals surface area contributed by atoms with E-state index in [1.165, 1.54) is 0 Å². The summed E-state index contributed by atoms with van der Waals surface area (Å²) in [6, 6.07) is 7.47. The Kier molecular flexibility index (Phi) is 15.1. The molecule has 0 spiro atoms. The predicted octanol–water partition coefficient (Wildman–Crippen LogP) is 0.424. The zero-order valence-electron chi connectivity index (χ0n) is 21.2. The number of carbonyl (C=O) groups is 5. The summed E-state index contributed by atoms with van der Waals surface area (Å²) in [6.45, 7) is 10.9. The molecule has 0 aliphatic carbocycles. The van der Waals surface area contributed by atoms with Crippen molar-refractivity contribution in [2.45, 2.75) is 38.8 Å². The number of nitrogens with zero attached hydrogens (tertiary/aromatic N) is 1. The highest BCUT2D eigenvalue weighted by molar-refractivity contribution is 6.27. The Morgan fingerprint density at radius 1 is 0.946 bits per heavy atom. The Morgan fingerprint density at radius 2 is 1.41 bits per heavy atom. The molecule has 1 heterocycles. The normalized spacial score (nSPS) is 13.9. The number of amides is 1. The minimum Gasteiger partial charge on any atom is -0.497 e. The van der Waals surface area contributed by atoms with Gasteiger partial charge in [-0.15, -0.1) is 0 Å². The molecule has 208 valence electrons. The molecule has 14 nitrogen and oxygen atoms in total. The Morgan fingerprint density at radius 3 is 1.81 bits per heavy atom. The van der Waals surface area contributed by atoms with Gasteiger partial charge in [0.05, 0.1) is 20.3 Å². The molecule has 0 aromatic heterocycles. The number of hydrogen-bond acceptors (Lipinski definition) is 9. The number of rotatable bonds is 8. The summed E-state index contributed by atoms with van der Waals surface area (Å²) in [4.78, 5) is 51.0. The van der Waals surface area contributed by atoms with Gasteiger partial charge in [0.2, 0.25) is 5.91 Å². The van der Waals surface area contributed by atoms with Crippen LogP contribution in [0.25, 0.3) is 0 Å². The molecular formula is C23H35N3O11. The maximum Gasteiger partial charge on any atom is 0.414 e. The minimum atomic E-state index is -1.82. The van der Waals surface area contributed by atoms with Gasteiger partial charge in [0.1, 0.15) is 5.75 Å². The molecule has 0 saturated carbocycles. The summed E-state index contributed by atoms with van der Waals surface area (Å²) in [6.07, 6.45) is 0.436. The van der Waals surface area contributed by atoms with Crippen molar-refractivity contribution in [1.29, 1.82) is 0 Å². The predicted molar refractivity (Wildman–Crippen MR) is 131 cm³/mol. The average Bonchev–Trinajstić information content (AvgIpc) is 2.84. The molecule has 6 N–H and O–H groups in total. The summed E-state index contributed by atoms with van der Waals surface area (Å²) >= 11 is 0. The van der Waals surface area contributed by atoms with Gasteiger partial charge in [-0.3, -0.25) is 9.69 Å². The van der Waals surface area contributed by atoms with E-state index in [2.05, 4.69) is 29.4 Å². The largest absolute Gasteiger partial charge is 0.497 e. The van der Waals surface area contributed by atoms with E-state index >= 15 is 0 Å². The van der Waals surface area contributed by atoms with Gasteiger partial charge in [-0.05, 0) is 45.0 Å². The van der Waals surface area contributed by atoms with Crippen LogP contribution in [-0.4, -0.2) is 107 Å². The second-order valence-corrected chi connectivity index (χ2v) is 8.40. The van der Waals surface area contributed by atoms with Crippen molar-refractivity contribution in [3.8, 4) is 5.75 Å². The summed E-state index contributed by atoms with van der Waals surface area (Å²) in [5.74, 6) is -6.51. The molecule has 37 heavy (non-hydrogen) atoms. The molecule has 0 bridgehead atoms. The van der Waals surface area contributed by atoms with E-state index in [-0.39, 0.29) is 17.5 Å². The number of carboxylic acids is 4.